The standard InChI is InChI=1S/C24H47NO3/c1-3-5-7-9-11-13-15-17-23(27)21-25(19-20-26)22-24(28)18-16-14-12-10-8-6-4-2/h9-12,23-24,26-28H,3-8,13-22H2,1-2H3/b11-9+,12-10+. The molecule has 3 N–H and O–H groups in total. The van der Waals surface area contributed by atoms with Crippen molar-refractivity contribution >= 4 is 0 Å². The summed E-state index contributed by atoms with van der Waals surface area (Å²) in [6, 6.07) is 0. The lowest BCUT2D eigenvalue weighted by Crippen LogP contribution is -2.39. The Labute approximate surface area is 174 Å². The van der Waals surface area contributed by atoms with Crippen LogP contribution >= 0.6 is 0 Å². The second kappa shape index (κ2) is 21.0. The Morgan fingerprint density at radius 2 is 1.07 bits per heavy atom. The summed E-state index contributed by atoms with van der Waals surface area (Å²) < 4.78 is 0. The van der Waals surface area contributed by atoms with Crippen LogP contribution in [-0.4, -0.2) is 58.7 Å². The summed E-state index contributed by atoms with van der Waals surface area (Å²) in [7, 11) is 0. The van der Waals surface area contributed by atoms with Gasteiger partial charge in [0.25, 0.3) is 0 Å². The van der Waals surface area contributed by atoms with E-state index in [2.05, 4.69) is 38.2 Å². The topological polar surface area (TPSA) is 63.9 Å². The molecule has 2 atom stereocenters. The Morgan fingerprint density at radius 1 is 0.679 bits per heavy atom. The first kappa shape index (κ1) is 27.3. The largest absolute Gasteiger partial charge is 0.395 e. The minimum atomic E-state index is -0.399. The third kappa shape index (κ3) is 18.7. The summed E-state index contributed by atoms with van der Waals surface area (Å²) in [6.45, 7) is 6.00. The third-order valence-corrected chi connectivity index (χ3v) is 4.95. The van der Waals surface area contributed by atoms with Gasteiger partial charge in [-0.05, 0) is 51.4 Å². The van der Waals surface area contributed by atoms with Crippen molar-refractivity contribution in [2.45, 2.75) is 103 Å². The van der Waals surface area contributed by atoms with Crippen LogP contribution in [0.25, 0.3) is 0 Å². The van der Waals surface area contributed by atoms with E-state index in [1.165, 1.54) is 25.7 Å². The number of rotatable bonds is 20. The van der Waals surface area contributed by atoms with Crippen LogP contribution in [0.15, 0.2) is 24.3 Å². The van der Waals surface area contributed by atoms with Gasteiger partial charge < -0.3 is 15.3 Å². The van der Waals surface area contributed by atoms with Gasteiger partial charge in [-0.15, -0.1) is 0 Å². The molecule has 2 unspecified atom stereocenters. The Bertz CT molecular complexity index is 339. The minimum absolute atomic E-state index is 0.0553. The number of hydrogen-bond acceptors (Lipinski definition) is 4. The molecule has 0 radical (unpaired) electrons. The van der Waals surface area contributed by atoms with Gasteiger partial charge in [0.15, 0.2) is 0 Å². The quantitative estimate of drug-likeness (QED) is 0.203. The van der Waals surface area contributed by atoms with Crippen LogP contribution < -0.4 is 0 Å². The molecule has 0 aliphatic heterocycles. The van der Waals surface area contributed by atoms with E-state index in [4.69, 9.17) is 0 Å². The van der Waals surface area contributed by atoms with E-state index in [1.807, 2.05) is 4.90 Å². The molecule has 0 amide bonds. The van der Waals surface area contributed by atoms with Crippen molar-refractivity contribution in [3.05, 3.63) is 24.3 Å². The molecule has 4 heteroatoms. The lowest BCUT2D eigenvalue weighted by atomic mass is 10.1. The van der Waals surface area contributed by atoms with Gasteiger partial charge >= 0.3 is 0 Å². The van der Waals surface area contributed by atoms with E-state index in [0.717, 1.165) is 51.4 Å². The van der Waals surface area contributed by atoms with Gasteiger partial charge in [0.2, 0.25) is 0 Å². The molecule has 0 aromatic heterocycles. The average Bonchev–Trinajstić information content (AvgIpc) is 2.66. The monoisotopic (exact) mass is 397 g/mol. The number of aliphatic hydroxyl groups excluding tert-OH is 3. The van der Waals surface area contributed by atoms with E-state index in [-0.39, 0.29) is 6.61 Å². The molecule has 0 aliphatic rings. The molecule has 0 rings (SSSR count). The van der Waals surface area contributed by atoms with E-state index >= 15 is 0 Å². The van der Waals surface area contributed by atoms with Crippen LogP contribution in [0.3, 0.4) is 0 Å². The molecule has 0 heterocycles. The van der Waals surface area contributed by atoms with Crippen molar-refractivity contribution < 1.29 is 15.3 Å². The molecule has 0 aliphatic carbocycles. The van der Waals surface area contributed by atoms with Crippen molar-refractivity contribution in [2.75, 3.05) is 26.2 Å². The number of aliphatic hydroxyl groups is 3. The van der Waals surface area contributed by atoms with Crippen LogP contribution in [0.2, 0.25) is 0 Å². The molecule has 0 saturated heterocycles. The molecule has 0 spiro atoms. The lowest BCUT2D eigenvalue weighted by molar-refractivity contribution is 0.0526. The van der Waals surface area contributed by atoms with E-state index in [9.17, 15) is 15.3 Å². The van der Waals surface area contributed by atoms with Gasteiger partial charge in [0.05, 0.1) is 18.8 Å². The Balaban J connectivity index is 3.95. The summed E-state index contributed by atoms with van der Waals surface area (Å²) in [6.07, 6.45) is 20.8. The maximum atomic E-state index is 10.3. The summed E-state index contributed by atoms with van der Waals surface area (Å²) in [5.74, 6) is 0. The highest BCUT2D eigenvalue weighted by Gasteiger charge is 2.15. The fourth-order valence-electron chi connectivity index (χ4n) is 3.24. The highest BCUT2D eigenvalue weighted by atomic mass is 16.3. The first-order chi connectivity index (χ1) is 13.6. The number of hydrogen-bond donors (Lipinski definition) is 3. The van der Waals surface area contributed by atoms with E-state index < -0.39 is 12.2 Å². The van der Waals surface area contributed by atoms with Crippen LogP contribution in [0.5, 0.6) is 0 Å². The van der Waals surface area contributed by atoms with E-state index in [0.29, 0.717) is 19.6 Å². The van der Waals surface area contributed by atoms with Crippen molar-refractivity contribution in [2.24, 2.45) is 0 Å². The number of nitrogens with zero attached hydrogens (tertiary/aromatic N) is 1. The summed E-state index contributed by atoms with van der Waals surface area (Å²) in [5, 5.41) is 29.8. The molecule has 0 aromatic rings. The fraction of sp³-hybridized carbons (Fsp3) is 0.833. The molecule has 0 fully saturated rings. The molecule has 28 heavy (non-hydrogen) atoms. The first-order valence-corrected chi connectivity index (χ1v) is 11.6. The zero-order valence-electron chi connectivity index (χ0n) is 18.6. The van der Waals surface area contributed by atoms with Crippen molar-refractivity contribution in [1.82, 2.24) is 4.90 Å². The molecule has 0 aromatic carbocycles. The Hall–Kier alpha value is -0.680. The molecular weight excluding hydrogens is 350 g/mol. The van der Waals surface area contributed by atoms with Gasteiger partial charge in [-0.25, -0.2) is 0 Å². The van der Waals surface area contributed by atoms with Gasteiger partial charge in [-0.3, -0.25) is 4.90 Å². The molecule has 4 nitrogen and oxygen atoms in total. The lowest BCUT2D eigenvalue weighted by Gasteiger charge is -2.26. The van der Waals surface area contributed by atoms with Gasteiger partial charge in [0, 0.05) is 19.6 Å². The Morgan fingerprint density at radius 3 is 1.43 bits per heavy atom. The average molecular weight is 398 g/mol. The van der Waals surface area contributed by atoms with Crippen molar-refractivity contribution in [3.63, 3.8) is 0 Å². The van der Waals surface area contributed by atoms with Gasteiger partial charge in [0.1, 0.15) is 0 Å². The summed E-state index contributed by atoms with van der Waals surface area (Å²) in [5.41, 5.74) is 0. The predicted octanol–water partition coefficient (Wildman–Crippen LogP) is 4.84. The van der Waals surface area contributed by atoms with Gasteiger partial charge in [-0.1, -0.05) is 63.8 Å². The Kier molecular flexibility index (Phi) is 20.5. The highest BCUT2D eigenvalue weighted by Crippen LogP contribution is 2.09. The molecule has 0 saturated carbocycles. The third-order valence-electron chi connectivity index (χ3n) is 4.95. The van der Waals surface area contributed by atoms with Gasteiger partial charge in [-0.2, -0.15) is 0 Å². The highest BCUT2D eigenvalue weighted by molar-refractivity contribution is 4.82. The number of allylic oxidation sites excluding steroid dienone is 4. The fourth-order valence-corrected chi connectivity index (χ4v) is 3.24. The number of unbranched alkanes of at least 4 members (excludes halogenated alkanes) is 6. The van der Waals surface area contributed by atoms with Crippen LogP contribution in [0.1, 0.15) is 90.9 Å². The second-order valence-corrected chi connectivity index (χ2v) is 7.88. The van der Waals surface area contributed by atoms with Crippen LogP contribution in [0.4, 0.5) is 0 Å². The molecule has 0 bridgehead atoms. The van der Waals surface area contributed by atoms with Crippen molar-refractivity contribution in [3.8, 4) is 0 Å². The molecule has 166 valence electrons. The zero-order valence-corrected chi connectivity index (χ0v) is 18.6. The normalized spacial score (nSPS) is 14.5. The maximum Gasteiger partial charge on any atom is 0.0667 e. The van der Waals surface area contributed by atoms with Crippen molar-refractivity contribution in [1.29, 1.82) is 0 Å². The predicted molar refractivity (Wildman–Crippen MR) is 121 cm³/mol. The van der Waals surface area contributed by atoms with E-state index in [1.54, 1.807) is 0 Å². The molecular formula is C24H47NO3. The smallest absolute Gasteiger partial charge is 0.0667 e. The maximum absolute atomic E-state index is 10.3. The summed E-state index contributed by atoms with van der Waals surface area (Å²) in [4.78, 5) is 1.99. The minimum Gasteiger partial charge on any atom is -0.395 e. The SMILES string of the molecule is CCCC/C=C/CCCC(O)CN(CCO)CC(O)CCC/C=C/CCCC. The second-order valence-electron chi connectivity index (χ2n) is 7.88. The van der Waals surface area contributed by atoms with Crippen LogP contribution in [-0.2, 0) is 0 Å². The zero-order chi connectivity index (χ0) is 20.9. The first-order valence-electron chi connectivity index (χ1n) is 11.6. The summed E-state index contributed by atoms with van der Waals surface area (Å²) >= 11 is 0. The van der Waals surface area contributed by atoms with Crippen LogP contribution in [0, 0.1) is 0 Å².